The molecule has 182 valence electrons. The van der Waals surface area contributed by atoms with Crippen LogP contribution in [0.5, 0.6) is 11.5 Å². The summed E-state index contributed by atoms with van der Waals surface area (Å²) in [5, 5.41) is 12.1. The summed E-state index contributed by atoms with van der Waals surface area (Å²) < 4.78 is 38.9. The van der Waals surface area contributed by atoms with E-state index >= 15 is 0 Å². The van der Waals surface area contributed by atoms with Crippen LogP contribution in [0.25, 0.3) is 0 Å². The number of carbonyl (C=O) groups is 2. The highest BCUT2D eigenvalue weighted by atomic mass is 32.2. The number of carbonyl (C=O) groups excluding carboxylic acids is 1. The molecule has 34 heavy (non-hydrogen) atoms. The summed E-state index contributed by atoms with van der Waals surface area (Å²) in [5.41, 5.74) is 11.4. The first kappa shape index (κ1) is 24.8. The fourth-order valence-electron chi connectivity index (χ4n) is 3.26. The van der Waals surface area contributed by atoms with E-state index in [0.29, 0.717) is 17.1 Å². The van der Waals surface area contributed by atoms with Gasteiger partial charge in [0.25, 0.3) is 0 Å². The molecule has 0 radical (unpaired) electrons. The molecule has 2 aromatic carbocycles. The van der Waals surface area contributed by atoms with E-state index < -0.39 is 34.3 Å². The lowest BCUT2D eigenvalue weighted by Gasteiger charge is -2.31. The number of benzene rings is 2. The number of hydrogen-bond acceptors (Lipinski definition) is 7. The first-order chi connectivity index (χ1) is 16.0. The molecule has 1 aliphatic rings. The van der Waals surface area contributed by atoms with Gasteiger partial charge in [-0.2, -0.15) is 4.72 Å². The molecule has 12 nitrogen and oxygen atoms in total. The van der Waals surface area contributed by atoms with Crippen LogP contribution in [-0.2, 0) is 26.0 Å². The molecule has 2 aromatic rings. The SMILES string of the molecule is CC(=O)NC(N=C(N)N)C1COc2cc(C[C@H](NS(=O)(=O)c3ccccc3)C(=O)O)ccc2O1. The van der Waals surface area contributed by atoms with Gasteiger partial charge in [-0.1, -0.05) is 24.3 Å². The van der Waals surface area contributed by atoms with Gasteiger partial charge < -0.3 is 31.4 Å². The minimum Gasteiger partial charge on any atom is -0.486 e. The fourth-order valence-corrected chi connectivity index (χ4v) is 4.47. The number of aliphatic imine (C=N–C) groups is 1. The minimum atomic E-state index is -4.03. The van der Waals surface area contributed by atoms with E-state index in [9.17, 15) is 23.1 Å². The molecular formula is C21H25N5O7S. The normalized spacial score (nSPS) is 16.7. The highest BCUT2D eigenvalue weighted by Gasteiger charge is 2.31. The van der Waals surface area contributed by atoms with Crippen LogP contribution in [0, 0.1) is 0 Å². The Bertz CT molecular complexity index is 1180. The van der Waals surface area contributed by atoms with Crippen LogP contribution in [0.3, 0.4) is 0 Å². The van der Waals surface area contributed by atoms with Crippen molar-refractivity contribution in [2.45, 2.75) is 36.6 Å². The average molecular weight is 492 g/mol. The third-order valence-electron chi connectivity index (χ3n) is 4.77. The summed E-state index contributed by atoms with van der Waals surface area (Å²) in [6, 6.07) is 10.8. The number of sulfonamides is 1. The van der Waals surface area contributed by atoms with Crippen LogP contribution in [0.15, 0.2) is 58.4 Å². The average Bonchev–Trinajstić information content (AvgIpc) is 2.77. The second-order valence-corrected chi connectivity index (χ2v) is 9.19. The number of hydrogen-bond donors (Lipinski definition) is 5. The van der Waals surface area contributed by atoms with Crippen LogP contribution in [-0.4, -0.2) is 56.3 Å². The second-order valence-electron chi connectivity index (χ2n) is 7.48. The largest absolute Gasteiger partial charge is 0.486 e. The monoisotopic (exact) mass is 491 g/mol. The number of aliphatic carboxylic acids is 1. The molecule has 7 N–H and O–H groups in total. The molecule has 0 saturated heterocycles. The van der Waals surface area contributed by atoms with Crippen molar-refractivity contribution in [1.82, 2.24) is 10.0 Å². The highest BCUT2D eigenvalue weighted by molar-refractivity contribution is 7.89. The Morgan fingerprint density at radius 1 is 1.18 bits per heavy atom. The van der Waals surface area contributed by atoms with E-state index in [1.165, 1.54) is 19.1 Å². The molecule has 0 bridgehead atoms. The summed E-state index contributed by atoms with van der Waals surface area (Å²) in [6.07, 6.45) is -1.72. The van der Waals surface area contributed by atoms with Gasteiger partial charge in [0, 0.05) is 6.92 Å². The lowest BCUT2D eigenvalue weighted by atomic mass is 10.1. The predicted octanol–water partition coefficient (Wildman–Crippen LogP) is -0.464. The van der Waals surface area contributed by atoms with Crippen LogP contribution in [0.2, 0.25) is 0 Å². The van der Waals surface area contributed by atoms with Crippen LogP contribution >= 0.6 is 0 Å². The van der Waals surface area contributed by atoms with Gasteiger partial charge >= 0.3 is 5.97 Å². The molecule has 0 saturated carbocycles. The van der Waals surface area contributed by atoms with Gasteiger partial charge in [0.1, 0.15) is 12.6 Å². The van der Waals surface area contributed by atoms with Gasteiger partial charge in [0.2, 0.25) is 15.9 Å². The molecule has 13 heteroatoms. The van der Waals surface area contributed by atoms with E-state index in [1.807, 2.05) is 0 Å². The van der Waals surface area contributed by atoms with E-state index in [2.05, 4.69) is 15.0 Å². The van der Waals surface area contributed by atoms with Crippen molar-refractivity contribution >= 4 is 27.9 Å². The Labute approximate surface area is 196 Å². The number of carboxylic acids is 1. The minimum absolute atomic E-state index is 0.00117. The maximum absolute atomic E-state index is 12.5. The number of nitrogens with zero attached hydrogens (tertiary/aromatic N) is 1. The Morgan fingerprint density at radius 2 is 1.88 bits per heavy atom. The molecule has 3 atom stereocenters. The van der Waals surface area contributed by atoms with Gasteiger partial charge in [-0.05, 0) is 36.2 Å². The van der Waals surface area contributed by atoms with Crippen LogP contribution < -0.4 is 31.0 Å². The topological polar surface area (TPSA) is 195 Å². The zero-order chi connectivity index (χ0) is 24.9. The van der Waals surface area contributed by atoms with E-state index in [-0.39, 0.29) is 29.8 Å². The quantitative estimate of drug-likeness (QED) is 0.228. The Morgan fingerprint density at radius 3 is 2.50 bits per heavy atom. The molecule has 0 fully saturated rings. The number of rotatable bonds is 9. The van der Waals surface area contributed by atoms with Crippen molar-refractivity contribution in [1.29, 1.82) is 0 Å². The summed E-state index contributed by atoms with van der Waals surface area (Å²) in [5.74, 6) is -1.27. The Kier molecular flexibility index (Phi) is 7.58. The number of ether oxygens (including phenoxy) is 2. The Hall–Kier alpha value is -3.84. The molecule has 1 heterocycles. The lowest BCUT2D eigenvalue weighted by molar-refractivity contribution is -0.139. The molecule has 2 unspecified atom stereocenters. The van der Waals surface area contributed by atoms with Crippen molar-refractivity contribution in [3.05, 3.63) is 54.1 Å². The van der Waals surface area contributed by atoms with Crippen molar-refractivity contribution in [2.75, 3.05) is 6.61 Å². The molecule has 0 aromatic heterocycles. The number of nitrogens with two attached hydrogens (primary N) is 2. The standard InChI is InChI=1S/C21H25N5O7S/c1-12(27)24-19(25-21(22)23)18-11-32-17-10-13(7-8-16(17)33-18)9-15(20(28)29)26-34(30,31)14-5-3-2-4-6-14/h2-8,10,15,18-19,26H,9,11H2,1H3,(H,24,27)(H,28,29)(H4,22,23,25)/t15-,18?,19?/m0/s1. The van der Waals surface area contributed by atoms with Gasteiger partial charge in [-0.3, -0.25) is 9.59 Å². The lowest BCUT2D eigenvalue weighted by Crippen LogP contribution is -2.49. The zero-order valence-corrected chi connectivity index (χ0v) is 19.0. The number of guanidine groups is 1. The summed E-state index contributed by atoms with van der Waals surface area (Å²) in [4.78, 5) is 27.1. The first-order valence-corrected chi connectivity index (χ1v) is 11.6. The van der Waals surface area contributed by atoms with Gasteiger partial charge in [0.05, 0.1) is 4.90 Å². The van der Waals surface area contributed by atoms with Crippen molar-refractivity contribution in [3.8, 4) is 11.5 Å². The molecule has 1 amide bonds. The predicted molar refractivity (Wildman–Crippen MR) is 122 cm³/mol. The number of nitrogens with one attached hydrogen (secondary N) is 2. The molecule has 3 rings (SSSR count). The zero-order valence-electron chi connectivity index (χ0n) is 18.2. The molecule has 0 spiro atoms. The fraction of sp³-hybridized carbons (Fsp3) is 0.286. The molecule has 0 aliphatic carbocycles. The molecule has 1 aliphatic heterocycles. The molecular weight excluding hydrogens is 466 g/mol. The van der Waals surface area contributed by atoms with E-state index in [1.54, 1.807) is 36.4 Å². The summed E-state index contributed by atoms with van der Waals surface area (Å²) >= 11 is 0. The van der Waals surface area contributed by atoms with Gasteiger partial charge in [-0.25, -0.2) is 13.4 Å². The van der Waals surface area contributed by atoms with Gasteiger partial charge in [0.15, 0.2) is 29.7 Å². The second kappa shape index (κ2) is 10.4. The van der Waals surface area contributed by atoms with Gasteiger partial charge in [-0.15, -0.1) is 0 Å². The van der Waals surface area contributed by atoms with Crippen molar-refractivity contribution in [3.63, 3.8) is 0 Å². The highest BCUT2D eigenvalue weighted by Crippen LogP contribution is 2.33. The smallest absolute Gasteiger partial charge is 0.322 e. The van der Waals surface area contributed by atoms with E-state index in [0.717, 1.165) is 0 Å². The van der Waals surface area contributed by atoms with Crippen molar-refractivity contribution < 1.29 is 32.6 Å². The first-order valence-electron chi connectivity index (χ1n) is 10.1. The number of carboxylic acid groups (broad SMARTS) is 1. The maximum atomic E-state index is 12.5. The van der Waals surface area contributed by atoms with Crippen LogP contribution in [0.4, 0.5) is 0 Å². The Balaban J connectivity index is 1.75. The van der Waals surface area contributed by atoms with Crippen molar-refractivity contribution in [2.24, 2.45) is 16.5 Å². The summed E-state index contributed by atoms with van der Waals surface area (Å²) in [7, 11) is -4.03. The number of amides is 1. The maximum Gasteiger partial charge on any atom is 0.322 e. The third-order valence-corrected chi connectivity index (χ3v) is 6.26. The third kappa shape index (κ3) is 6.36. The number of fused-ring (bicyclic) bond motifs is 1. The summed E-state index contributed by atoms with van der Waals surface area (Å²) in [6.45, 7) is 1.31. The van der Waals surface area contributed by atoms with E-state index in [4.69, 9.17) is 20.9 Å². The van der Waals surface area contributed by atoms with Crippen LogP contribution in [0.1, 0.15) is 12.5 Å².